The summed E-state index contributed by atoms with van der Waals surface area (Å²) in [7, 11) is 0. The predicted molar refractivity (Wildman–Crippen MR) is 98.4 cm³/mol. The number of aromatic nitrogens is 2. The van der Waals surface area contributed by atoms with E-state index >= 15 is 0 Å². The number of hydrogen-bond donors (Lipinski definition) is 3. The number of carbonyl (C=O) groups excluding carboxylic acids is 1. The van der Waals surface area contributed by atoms with Crippen molar-refractivity contribution in [2.45, 2.75) is 45.1 Å². The number of amides is 1. The highest BCUT2D eigenvalue weighted by Gasteiger charge is 2.25. The molecule has 0 unspecified atom stereocenters. The quantitative estimate of drug-likeness (QED) is 0.799. The molecule has 0 radical (unpaired) electrons. The maximum absolute atomic E-state index is 12.4. The lowest BCUT2D eigenvalue weighted by atomic mass is 10.1. The molecule has 0 atom stereocenters. The molecule has 1 amide bonds. The van der Waals surface area contributed by atoms with Crippen LogP contribution in [0.15, 0.2) is 24.3 Å². The van der Waals surface area contributed by atoms with Gasteiger partial charge < -0.3 is 16.0 Å². The van der Waals surface area contributed by atoms with E-state index < -0.39 is 0 Å². The number of benzene rings is 1. The molecule has 3 N–H and O–H groups in total. The maximum Gasteiger partial charge on any atom is 0.256 e. The number of hydrogen-bond acceptors (Lipinski definition) is 5. The molecule has 2 aromatic rings. The molecule has 1 aromatic heterocycles. The van der Waals surface area contributed by atoms with Crippen molar-refractivity contribution in [3.63, 3.8) is 0 Å². The number of fused-ring (bicyclic) bond motifs is 1. The third-order valence-electron chi connectivity index (χ3n) is 4.83. The third-order valence-corrected chi connectivity index (χ3v) is 4.83. The fourth-order valence-corrected chi connectivity index (χ4v) is 3.58. The number of nitrogens with zero attached hydrogens (tertiary/aromatic N) is 2. The Kier molecular flexibility index (Phi) is 4.26. The van der Waals surface area contributed by atoms with Crippen LogP contribution in [-0.4, -0.2) is 28.5 Å². The van der Waals surface area contributed by atoms with Gasteiger partial charge in [0.25, 0.3) is 5.91 Å². The summed E-state index contributed by atoms with van der Waals surface area (Å²) >= 11 is 0. The van der Waals surface area contributed by atoms with Gasteiger partial charge in [-0.25, -0.2) is 4.98 Å². The van der Waals surface area contributed by atoms with Crippen LogP contribution in [0.2, 0.25) is 0 Å². The van der Waals surface area contributed by atoms with Crippen LogP contribution >= 0.6 is 0 Å². The second-order valence-electron chi connectivity index (χ2n) is 6.84. The Morgan fingerprint density at radius 2 is 2.04 bits per heavy atom. The third kappa shape index (κ3) is 3.43. The zero-order chi connectivity index (χ0) is 17.2. The first-order valence-corrected chi connectivity index (χ1v) is 8.98. The minimum Gasteiger partial charge on any atom is -0.351 e. The van der Waals surface area contributed by atoms with Gasteiger partial charge in [-0.15, -0.1) is 0 Å². The summed E-state index contributed by atoms with van der Waals surface area (Å²) in [5.74, 6) is 1.09. The zero-order valence-electron chi connectivity index (χ0n) is 14.4. The van der Waals surface area contributed by atoms with Crippen LogP contribution in [0.5, 0.6) is 0 Å². The van der Waals surface area contributed by atoms with Crippen molar-refractivity contribution < 1.29 is 4.79 Å². The van der Waals surface area contributed by atoms with Gasteiger partial charge in [0.15, 0.2) is 0 Å². The lowest BCUT2D eigenvalue weighted by Crippen LogP contribution is -2.34. The Morgan fingerprint density at radius 1 is 1.20 bits per heavy atom. The SMILES string of the molecule is Cc1cccc(Nc2nc(NC3CCCC3)nc3c2C(=O)NCC3)c1. The maximum atomic E-state index is 12.4. The van der Waals surface area contributed by atoms with Crippen LogP contribution in [0.4, 0.5) is 17.5 Å². The standard InChI is InChI=1S/C19H23N5O/c1-12-5-4-8-14(11-12)21-17-16-15(9-10-20-18(16)25)23-19(24-17)22-13-6-2-3-7-13/h4-5,8,11,13H,2-3,6-7,9-10H2,1H3,(H,20,25)(H2,21,22,23,24). The van der Waals surface area contributed by atoms with E-state index in [1.807, 2.05) is 31.2 Å². The van der Waals surface area contributed by atoms with Crippen LogP contribution in [0.25, 0.3) is 0 Å². The Balaban J connectivity index is 1.70. The number of aryl methyl sites for hydroxylation is 1. The molecule has 2 aliphatic rings. The van der Waals surface area contributed by atoms with E-state index in [4.69, 9.17) is 0 Å². The van der Waals surface area contributed by atoms with Gasteiger partial charge in [-0.3, -0.25) is 4.79 Å². The van der Waals surface area contributed by atoms with E-state index in [0.29, 0.717) is 29.9 Å². The van der Waals surface area contributed by atoms with E-state index in [1.165, 1.54) is 12.8 Å². The van der Waals surface area contributed by atoms with Gasteiger partial charge in [-0.2, -0.15) is 4.98 Å². The van der Waals surface area contributed by atoms with Crippen LogP contribution in [-0.2, 0) is 6.42 Å². The molecule has 6 heteroatoms. The largest absolute Gasteiger partial charge is 0.351 e. The molecule has 1 saturated carbocycles. The van der Waals surface area contributed by atoms with Crippen molar-refractivity contribution in [2.24, 2.45) is 0 Å². The summed E-state index contributed by atoms with van der Waals surface area (Å²) in [6, 6.07) is 8.48. The molecule has 6 nitrogen and oxygen atoms in total. The van der Waals surface area contributed by atoms with Crippen molar-refractivity contribution in [3.05, 3.63) is 41.1 Å². The molecule has 25 heavy (non-hydrogen) atoms. The number of nitrogens with one attached hydrogen (secondary N) is 3. The van der Waals surface area contributed by atoms with Crippen LogP contribution in [0, 0.1) is 6.92 Å². The van der Waals surface area contributed by atoms with Crippen molar-refractivity contribution in [1.82, 2.24) is 15.3 Å². The van der Waals surface area contributed by atoms with Gasteiger partial charge in [0.1, 0.15) is 11.4 Å². The molecular weight excluding hydrogens is 314 g/mol. The lowest BCUT2D eigenvalue weighted by Gasteiger charge is -2.21. The Bertz CT molecular complexity index is 798. The van der Waals surface area contributed by atoms with Crippen molar-refractivity contribution in [1.29, 1.82) is 0 Å². The van der Waals surface area contributed by atoms with Gasteiger partial charge in [0, 0.05) is 24.7 Å². The minimum absolute atomic E-state index is 0.108. The van der Waals surface area contributed by atoms with E-state index in [0.717, 1.165) is 36.2 Å². The molecular formula is C19H23N5O. The zero-order valence-corrected chi connectivity index (χ0v) is 14.4. The highest BCUT2D eigenvalue weighted by molar-refractivity contribution is 6.01. The molecule has 1 fully saturated rings. The first-order chi connectivity index (χ1) is 12.2. The fraction of sp³-hybridized carbons (Fsp3) is 0.421. The highest BCUT2D eigenvalue weighted by Crippen LogP contribution is 2.27. The first-order valence-electron chi connectivity index (χ1n) is 8.98. The smallest absolute Gasteiger partial charge is 0.256 e. The molecule has 0 bridgehead atoms. The first kappa shape index (κ1) is 15.9. The topological polar surface area (TPSA) is 78.9 Å². The summed E-state index contributed by atoms with van der Waals surface area (Å²) in [5, 5.41) is 9.66. The van der Waals surface area contributed by atoms with Gasteiger partial charge in [0.05, 0.1) is 5.69 Å². The lowest BCUT2D eigenvalue weighted by molar-refractivity contribution is 0.0945. The number of carbonyl (C=O) groups is 1. The normalized spacial score (nSPS) is 17.1. The van der Waals surface area contributed by atoms with Crippen molar-refractivity contribution >= 4 is 23.4 Å². The van der Waals surface area contributed by atoms with Crippen LogP contribution < -0.4 is 16.0 Å². The van der Waals surface area contributed by atoms with Gasteiger partial charge in [-0.1, -0.05) is 25.0 Å². The van der Waals surface area contributed by atoms with E-state index in [-0.39, 0.29) is 5.91 Å². The Hall–Kier alpha value is -2.63. The van der Waals surface area contributed by atoms with Gasteiger partial charge in [0.2, 0.25) is 5.95 Å². The summed E-state index contributed by atoms with van der Waals surface area (Å²) in [6.45, 7) is 2.66. The van der Waals surface area contributed by atoms with E-state index in [9.17, 15) is 4.79 Å². The summed E-state index contributed by atoms with van der Waals surface area (Å²) in [4.78, 5) is 21.6. The van der Waals surface area contributed by atoms with Crippen LogP contribution in [0.3, 0.4) is 0 Å². The molecule has 0 saturated heterocycles. The molecule has 1 aromatic carbocycles. The number of rotatable bonds is 4. The minimum atomic E-state index is -0.108. The number of anilines is 3. The van der Waals surface area contributed by atoms with Crippen LogP contribution in [0.1, 0.15) is 47.3 Å². The molecule has 4 rings (SSSR count). The second-order valence-corrected chi connectivity index (χ2v) is 6.84. The summed E-state index contributed by atoms with van der Waals surface area (Å²) in [6.07, 6.45) is 5.54. The molecule has 1 aliphatic carbocycles. The Labute approximate surface area is 147 Å². The molecule has 1 aliphatic heterocycles. The van der Waals surface area contributed by atoms with Gasteiger partial charge in [-0.05, 0) is 37.5 Å². The van der Waals surface area contributed by atoms with E-state index in [2.05, 4.69) is 25.9 Å². The molecule has 2 heterocycles. The van der Waals surface area contributed by atoms with Gasteiger partial charge >= 0.3 is 0 Å². The summed E-state index contributed by atoms with van der Waals surface area (Å²) in [5.41, 5.74) is 3.45. The average molecular weight is 337 g/mol. The summed E-state index contributed by atoms with van der Waals surface area (Å²) < 4.78 is 0. The van der Waals surface area contributed by atoms with E-state index in [1.54, 1.807) is 0 Å². The average Bonchev–Trinajstić information content (AvgIpc) is 3.08. The van der Waals surface area contributed by atoms with Crippen molar-refractivity contribution in [2.75, 3.05) is 17.2 Å². The molecule has 0 spiro atoms. The highest BCUT2D eigenvalue weighted by atomic mass is 16.1. The molecule has 130 valence electrons. The predicted octanol–water partition coefficient (Wildman–Crippen LogP) is 3.17. The second kappa shape index (κ2) is 6.70. The monoisotopic (exact) mass is 337 g/mol. The fourth-order valence-electron chi connectivity index (χ4n) is 3.58. The Morgan fingerprint density at radius 3 is 2.84 bits per heavy atom. The van der Waals surface area contributed by atoms with Crippen molar-refractivity contribution in [3.8, 4) is 0 Å².